The number of hydrogen-bond donors (Lipinski definition) is 0. The number of allylic oxidation sites excluding steroid dienone is 1. The maximum absolute atomic E-state index is 12.8. The minimum absolute atomic E-state index is 0.0191. The summed E-state index contributed by atoms with van der Waals surface area (Å²) >= 11 is 0. The first kappa shape index (κ1) is 15.6. The van der Waals surface area contributed by atoms with Crippen LogP contribution in [-0.4, -0.2) is 16.5 Å². The second-order valence-electron chi connectivity index (χ2n) is 5.44. The predicted octanol–water partition coefficient (Wildman–Crippen LogP) is 3.79. The lowest BCUT2D eigenvalue weighted by Crippen LogP contribution is -2.21. The number of para-hydroxylation sites is 1. The van der Waals surface area contributed by atoms with Gasteiger partial charge in [-0.15, -0.1) is 0 Å². The number of nitrogens with zero attached hydrogens (tertiary/aromatic N) is 3. The Labute approximate surface area is 138 Å². The zero-order chi connectivity index (χ0) is 17.3. The monoisotopic (exact) mass is 321 g/mol. The molecule has 1 amide bonds. The van der Waals surface area contributed by atoms with Crippen LogP contribution in [0.5, 0.6) is 0 Å². The number of nitro groups is 1. The number of amides is 1. The number of rotatable bonds is 3. The van der Waals surface area contributed by atoms with Gasteiger partial charge in [0.05, 0.1) is 21.9 Å². The molecule has 0 fully saturated rings. The summed E-state index contributed by atoms with van der Waals surface area (Å²) in [6, 6.07) is 15.4. The van der Waals surface area contributed by atoms with Gasteiger partial charge < -0.3 is 0 Å². The molecule has 2 aromatic carbocycles. The molecule has 24 heavy (non-hydrogen) atoms. The highest BCUT2D eigenvalue weighted by Crippen LogP contribution is 2.29. The van der Waals surface area contributed by atoms with Gasteiger partial charge in [-0.2, -0.15) is 10.1 Å². The van der Waals surface area contributed by atoms with E-state index >= 15 is 0 Å². The highest BCUT2D eigenvalue weighted by atomic mass is 16.6. The maximum atomic E-state index is 12.8. The number of benzene rings is 2. The van der Waals surface area contributed by atoms with Crippen LogP contribution in [0, 0.1) is 10.1 Å². The van der Waals surface area contributed by atoms with E-state index < -0.39 is 4.92 Å². The zero-order valence-corrected chi connectivity index (χ0v) is 13.3. The number of non-ortho nitro benzene ring substituents is 1. The molecular weight excluding hydrogens is 306 g/mol. The molecule has 0 atom stereocenters. The summed E-state index contributed by atoms with van der Waals surface area (Å²) < 4.78 is 0. The van der Waals surface area contributed by atoms with Crippen LogP contribution in [0.4, 0.5) is 11.4 Å². The first-order chi connectivity index (χ1) is 11.5. The molecule has 0 saturated heterocycles. The predicted molar refractivity (Wildman–Crippen MR) is 92.7 cm³/mol. The van der Waals surface area contributed by atoms with Crippen molar-refractivity contribution in [3.05, 3.63) is 75.8 Å². The molecule has 0 saturated carbocycles. The van der Waals surface area contributed by atoms with Crippen molar-refractivity contribution >= 4 is 28.6 Å². The van der Waals surface area contributed by atoms with Crippen molar-refractivity contribution in [1.29, 1.82) is 0 Å². The van der Waals surface area contributed by atoms with Crippen molar-refractivity contribution in [1.82, 2.24) is 0 Å². The number of hydrogen-bond acceptors (Lipinski definition) is 4. The molecule has 0 unspecified atom stereocenters. The summed E-state index contributed by atoms with van der Waals surface area (Å²) in [7, 11) is 0. The molecule has 6 nitrogen and oxygen atoms in total. The van der Waals surface area contributed by atoms with Crippen LogP contribution in [0.25, 0.3) is 5.57 Å². The largest absolute Gasteiger partial charge is 0.280 e. The molecular formula is C18H15N3O3. The topological polar surface area (TPSA) is 75.8 Å². The maximum Gasteiger partial charge on any atom is 0.280 e. The number of carbonyl (C=O) groups is 1. The van der Waals surface area contributed by atoms with E-state index in [9.17, 15) is 14.9 Å². The lowest BCUT2D eigenvalue weighted by Gasteiger charge is -2.12. The number of carbonyl (C=O) groups excluding carboxylic acids is 1. The van der Waals surface area contributed by atoms with Crippen LogP contribution in [0.2, 0.25) is 0 Å². The third kappa shape index (κ3) is 2.69. The third-order valence-electron chi connectivity index (χ3n) is 3.90. The molecule has 0 N–H and O–H groups in total. The molecule has 0 aromatic heterocycles. The molecule has 1 aliphatic heterocycles. The Morgan fingerprint density at radius 2 is 1.71 bits per heavy atom. The molecule has 0 aliphatic carbocycles. The van der Waals surface area contributed by atoms with Crippen molar-refractivity contribution < 1.29 is 9.72 Å². The van der Waals surface area contributed by atoms with E-state index in [0.29, 0.717) is 17.0 Å². The lowest BCUT2D eigenvalue weighted by molar-refractivity contribution is -0.384. The first-order valence-corrected chi connectivity index (χ1v) is 7.40. The summed E-state index contributed by atoms with van der Waals surface area (Å²) in [6.07, 6.45) is 0. The SMILES string of the molecule is CC1=NN(c2ccccc2)C(=O)/C1=C(/C)c1ccc([N+](=O)[O-])cc1. The highest BCUT2D eigenvalue weighted by molar-refractivity contribution is 6.33. The average Bonchev–Trinajstić information content (AvgIpc) is 2.89. The van der Waals surface area contributed by atoms with Crippen LogP contribution in [-0.2, 0) is 4.79 Å². The second kappa shape index (κ2) is 6.08. The van der Waals surface area contributed by atoms with Crippen molar-refractivity contribution in [2.45, 2.75) is 13.8 Å². The van der Waals surface area contributed by atoms with Crippen LogP contribution < -0.4 is 5.01 Å². The van der Waals surface area contributed by atoms with E-state index in [1.807, 2.05) is 37.3 Å². The molecule has 0 bridgehead atoms. The summed E-state index contributed by atoms with van der Waals surface area (Å²) in [5.41, 5.74) is 3.37. The van der Waals surface area contributed by atoms with E-state index in [0.717, 1.165) is 11.1 Å². The summed E-state index contributed by atoms with van der Waals surface area (Å²) in [5.74, 6) is -0.199. The number of hydrazone groups is 1. The van der Waals surface area contributed by atoms with Crippen LogP contribution in [0.3, 0.4) is 0 Å². The summed E-state index contributed by atoms with van der Waals surface area (Å²) in [6.45, 7) is 3.60. The van der Waals surface area contributed by atoms with E-state index in [2.05, 4.69) is 5.10 Å². The van der Waals surface area contributed by atoms with Crippen molar-refractivity contribution in [3.8, 4) is 0 Å². The summed E-state index contributed by atoms with van der Waals surface area (Å²) in [4.78, 5) is 23.1. The van der Waals surface area contributed by atoms with Gasteiger partial charge in [0.2, 0.25) is 0 Å². The van der Waals surface area contributed by atoms with Crippen LogP contribution >= 0.6 is 0 Å². The first-order valence-electron chi connectivity index (χ1n) is 7.40. The summed E-state index contributed by atoms with van der Waals surface area (Å²) in [5, 5.41) is 16.5. The standard InChI is InChI=1S/C18H15N3O3/c1-12(14-8-10-16(11-9-14)21(23)24)17-13(2)19-20(18(17)22)15-6-4-3-5-7-15/h3-11H,1-2H3/b17-12-. The van der Waals surface area contributed by atoms with Gasteiger partial charge in [-0.05, 0) is 49.2 Å². The van der Waals surface area contributed by atoms with Crippen molar-refractivity contribution in [3.63, 3.8) is 0 Å². The molecule has 3 rings (SSSR count). The van der Waals surface area contributed by atoms with Crippen LogP contribution in [0.15, 0.2) is 65.3 Å². The molecule has 0 spiro atoms. The van der Waals surface area contributed by atoms with Crippen molar-refractivity contribution in [2.24, 2.45) is 5.10 Å². The smallest absolute Gasteiger partial charge is 0.267 e. The fourth-order valence-corrected chi connectivity index (χ4v) is 2.66. The van der Waals surface area contributed by atoms with E-state index in [4.69, 9.17) is 0 Å². The number of anilines is 1. The Bertz CT molecular complexity index is 868. The average molecular weight is 321 g/mol. The normalized spacial score (nSPS) is 16.2. The Kier molecular flexibility index (Phi) is 3.95. The molecule has 0 radical (unpaired) electrons. The van der Waals surface area contributed by atoms with Crippen LogP contribution in [0.1, 0.15) is 19.4 Å². The zero-order valence-electron chi connectivity index (χ0n) is 13.3. The van der Waals surface area contributed by atoms with Gasteiger partial charge in [0.1, 0.15) is 0 Å². The Morgan fingerprint density at radius 3 is 2.29 bits per heavy atom. The van der Waals surface area contributed by atoms with E-state index in [1.165, 1.54) is 17.1 Å². The molecule has 1 heterocycles. The Morgan fingerprint density at radius 1 is 1.08 bits per heavy atom. The lowest BCUT2D eigenvalue weighted by atomic mass is 9.98. The third-order valence-corrected chi connectivity index (χ3v) is 3.90. The van der Waals surface area contributed by atoms with Gasteiger partial charge in [0.25, 0.3) is 11.6 Å². The molecule has 1 aliphatic rings. The fraction of sp³-hybridized carbons (Fsp3) is 0.111. The quantitative estimate of drug-likeness (QED) is 0.490. The minimum atomic E-state index is -0.448. The molecule has 120 valence electrons. The Balaban J connectivity index is 1.99. The minimum Gasteiger partial charge on any atom is -0.267 e. The van der Waals surface area contributed by atoms with E-state index in [1.54, 1.807) is 19.1 Å². The number of nitro benzene ring substituents is 1. The highest BCUT2D eigenvalue weighted by Gasteiger charge is 2.30. The fourth-order valence-electron chi connectivity index (χ4n) is 2.66. The molecule has 2 aromatic rings. The molecule has 6 heteroatoms. The van der Waals surface area contributed by atoms with Gasteiger partial charge in [-0.3, -0.25) is 14.9 Å². The second-order valence-corrected chi connectivity index (χ2v) is 5.44. The van der Waals surface area contributed by atoms with Gasteiger partial charge >= 0.3 is 0 Å². The van der Waals surface area contributed by atoms with Gasteiger partial charge in [0.15, 0.2) is 0 Å². The Hall–Kier alpha value is -3.28. The van der Waals surface area contributed by atoms with Crippen molar-refractivity contribution in [2.75, 3.05) is 5.01 Å². The van der Waals surface area contributed by atoms with E-state index in [-0.39, 0.29) is 11.6 Å². The van der Waals surface area contributed by atoms with Gasteiger partial charge in [-0.1, -0.05) is 18.2 Å². The van der Waals surface area contributed by atoms with Gasteiger partial charge in [0, 0.05) is 12.1 Å². The van der Waals surface area contributed by atoms with Gasteiger partial charge in [-0.25, -0.2) is 0 Å².